The first kappa shape index (κ1) is 18.0. The molecule has 2 aromatic rings. The number of piperazine rings is 1. The number of ether oxygens (including phenoxy) is 1. The third-order valence-electron chi connectivity index (χ3n) is 4.09. The molecule has 3 rings (SSSR count). The number of hydrogen-bond donors (Lipinski definition) is 0. The monoisotopic (exact) mass is 409 g/mol. The van der Waals surface area contributed by atoms with Gasteiger partial charge in [-0.1, -0.05) is 0 Å². The molecular weight excluding hydrogens is 386 g/mol. The van der Waals surface area contributed by atoms with Crippen LogP contribution in [0.25, 0.3) is 11.0 Å². The number of amides is 1. The largest absolute Gasteiger partial charge is 0.444 e. The number of carbonyl (C=O) groups is 1. The minimum absolute atomic E-state index is 0.253. The zero-order valence-corrected chi connectivity index (χ0v) is 16.9. The van der Waals surface area contributed by atoms with Crippen LogP contribution in [0.3, 0.4) is 0 Å². The van der Waals surface area contributed by atoms with Gasteiger partial charge >= 0.3 is 6.09 Å². The maximum absolute atomic E-state index is 12.2. The van der Waals surface area contributed by atoms with E-state index in [2.05, 4.69) is 30.8 Å². The van der Waals surface area contributed by atoms with Gasteiger partial charge in [0.2, 0.25) is 0 Å². The molecule has 136 valence electrons. The van der Waals surface area contributed by atoms with E-state index in [1.54, 1.807) is 4.90 Å². The van der Waals surface area contributed by atoms with E-state index in [0.717, 1.165) is 27.1 Å². The highest BCUT2D eigenvalue weighted by Gasteiger charge is 2.28. The number of aryl methyl sites for hydroxylation is 2. The van der Waals surface area contributed by atoms with Gasteiger partial charge in [-0.3, -0.25) is 0 Å². The highest BCUT2D eigenvalue weighted by Crippen LogP contribution is 2.32. The average Bonchev–Trinajstić information content (AvgIpc) is 2.79. The van der Waals surface area contributed by atoms with E-state index in [-0.39, 0.29) is 6.09 Å². The molecule has 3 heterocycles. The molecule has 0 atom stereocenters. The van der Waals surface area contributed by atoms with E-state index in [9.17, 15) is 4.79 Å². The molecule has 0 N–H and O–H groups in total. The second-order valence-corrected chi connectivity index (χ2v) is 8.19. The molecular formula is C17H24BrN5O2. The second kappa shape index (κ2) is 6.48. The van der Waals surface area contributed by atoms with Crippen molar-refractivity contribution in [2.24, 2.45) is 7.05 Å². The second-order valence-electron chi connectivity index (χ2n) is 7.34. The summed E-state index contributed by atoms with van der Waals surface area (Å²) in [4.78, 5) is 25.4. The summed E-state index contributed by atoms with van der Waals surface area (Å²) < 4.78 is 8.44. The van der Waals surface area contributed by atoms with Crippen LogP contribution in [0, 0.1) is 6.92 Å². The van der Waals surface area contributed by atoms with Crippen LogP contribution in [0.5, 0.6) is 0 Å². The van der Waals surface area contributed by atoms with Crippen molar-refractivity contribution in [3.63, 3.8) is 0 Å². The molecule has 0 spiro atoms. The molecule has 7 nitrogen and oxygen atoms in total. The summed E-state index contributed by atoms with van der Waals surface area (Å²) in [5.74, 6) is 1.66. The molecule has 0 aromatic carbocycles. The van der Waals surface area contributed by atoms with Crippen molar-refractivity contribution >= 4 is 38.9 Å². The van der Waals surface area contributed by atoms with Crippen molar-refractivity contribution in [1.29, 1.82) is 0 Å². The van der Waals surface area contributed by atoms with Crippen molar-refractivity contribution in [3.8, 4) is 0 Å². The molecule has 0 aliphatic carbocycles. The molecule has 25 heavy (non-hydrogen) atoms. The summed E-state index contributed by atoms with van der Waals surface area (Å²) in [5.41, 5.74) is 0.433. The smallest absolute Gasteiger partial charge is 0.410 e. The van der Waals surface area contributed by atoms with Crippen LogP contribution in [0.15, 0.2) is 10.7 Å². The van der Waals surface area contributed by atoms with Crippen molar-refractivity contribution in [2.75, 3.05) is 31.1 Å². The van der Waals surface area contributed by atoms with E-state index < -0.39 is 5.60 Å². The Morgan fingerprint density at radius 1 is 1.20 bits per heavy atom. The molecule has 1 aliphatic rings. The van der Waals surface area contributed by atoms with Gasteiger partial charge < -0.3 is 19.1 Å². The van der Waals surface area contributed by atoms with Gasteiger partial charge in [-0.05, 0) is 43.6 Å². The lowest BCUT2D eigenvalue weighted by molar-refractivity contribution is 0.0240. The SMILES string of the molecule is Cc1nc(N2CCN(C(=O)OC(C)(C)C)CC2)c2c(Br)cn(C)c2n1. The van der Waals surface area contributed by atoms with Crippen LogP contribution in [0.2, 0.25) is 0 Å². The van der Waals surface area contributed by atoms with E-state index in [4.69, 9.17) is 4.74 Å². The fraction of sp³-hybridized carbons (Fsp3) is 0.588. The van der Waals surface area contributed by atoms with Crippen LogP contribution >= 0.6 is 15.9 Å². The molecule has 0 saturated carbocycles. The number of anilines is 1. The first-order valence-electron chi connectivity index (χ1n) is 8.38. The summed E-state index contributed by atoms with van der Waals surface area (Å²) in [6, 6.07) is 0. The quantitative estimate of drug-likeness (QED) is 0.723. The van der Waals surface area contributed by atoms with Gasteiger partial charge in [0.05, 0.1) is 5.39 Å². The fourth-order valence-corrected chi connectivity index (χ4v) is 3.63. The number of aromatic nitrogens is 3. The summed E-state index contributed by atoms with van der Waals surface area (Å²) in [6.07, 6.45) is 1.75. The van der Waals surface area contributed by atoms with Crippen molar-refractivity contribution in [2.45, 2.75) is 33.3 Å². The normalized spacial score (nSPS) is 15.8. The zero-order valence-electron chi connectivity index (χ0n) is 15.3. The first-order chi connectivity index (χ1) is 11.7. The molecule has 8 heteroatoms. The zero-order chi connectivity index (χ0) is 18.4. The van der Waals surface area contributed by atoms with Crippen molar-refractivity contribution in [1.82, 2.24) is 19.4 Å². The van der Waals surface area contributed by atoms with Crippen LogP contribution in [0.4, 0.5) is 10.6 Å². The minimum atomic E-state index is -0.473. The van der Waals surface area contributed by atoms with E-state index in [1.807, 2.05) is 45.5 Å². The Morgan fingerprint density at radius 2 is 1.84 bits per heavy atom. The van der Waals surface area contributed by atoms with Gasteiger partial charge in [0.1, 0.15) is 22.9 Å². The van der Waals surface area contributed by atoms with Gasteiger partial charge in [-0.25, -0.2) is 14.8 Å². The molecule has 1 fully saturated rings. The lowest BCUT2D eigenvalue weighted by atomic mass is 10.2. The lowest BCUT2D eigenvalue weighted by Gasteiger charge is -2.36. The number of fused-ring (bicyclic) bond motifs is 1. The van der Waals surface area contributed by atoms with Gasteiger partial charge in [-0.2, -0.15) is 0 Å². The molecule has 1 saturated heterocycles. The topological polar surface area (TPSA) is 63.5 Å². The van der Waals surface area contributed by atoms with Crippen LogP contribution in [-0.4, -0.2) is 57.3 Å². The van der Waals surface area contributed by atoms with Gasteiger partial charge in [0, 0.05) is 43.9 Å². The molecule has 0 radical (unpaired) electrons. The van der Waals surface area contributed by atoms with Gasteiger partial charge in [0.15, 0.2) is 0 Å². The predicted octanol–water partition coefficient (Wildman–Crippen LogP) is 3.10. The maximum atomic E-state index is 12.2. The number of nitrogens with zero attached hydrogens (tertiary/aromatic N) is 5. The molecule has 1 aliphatic heterocycles. The Bertz CT molecular complexity index is 803. The first-order valence-corrected chi connectivity index (χ1v) is 9.17. The van der Waals surface area contributed by atoms with Gasteiger partial charge in [-0.15, -0.1) is 0 Å². The Balaban J connectivity index is 1.80. The summed E-state index contributed by atoms with van der Waals surface area (Å²) in [6.45, 7) is 10.2. The molecule has 0 unspecified atom stereocenters. The van der Waals surface area contributed by atoms with Crippen LogP contribution < -0.4 is 4.90 Å². The lowest BCUT2D eigenvalue weighted by Crippen LogP contribution is -2.50. The number of rotatable bonds is 1. The maximum Gasteiger partial charge on any atom is 0.410 e. The summed E-state index contributed by atoms with van der Waals surface area (Å²) >= 11 is 3.62. The Morgan fingerprint density at radius 3 is 2.44 bits per heavy atom. The van der Waals surface area contributed by atoms with Crippen molar-refractivity contribution < 1.29 is 9.53 Å². The minimum Gasteiger partial charge on any atom is -0.444 e. The number of hydrogen-bond acceptors (Lipinski definition) is 5. The predicted molar refractivity (Wildman–Crippen MR) is 101 cm³/mol. The highest BCUT2D eigenvalue weighted by atomic mass is 79.9. The average molecular weight is 410 g/mol. The van der Waals surface area contributed by atoms with E-state index in [0.29, 0.717) is 26.2 Å². The standard InChI is InChI=1S/C17H24BrN5O2/c1-11-19-14-13(12(18)10-21(14)5)15(20-11)22-6-8-23(9-7-22)16(24)25-17(2,3)4/h10H,6-9H2,1-5H3. The number of halogens is 1. The fourth-order valence-electron chi connectivity index (χ4n) is 2.96. The Kier molecular flexibility index (Phi) is 4.66. The Labute approximate surface area is 156 Å². The summed E-state index contributed by atoms with van der Waals surface area (Å²) in [7, 11) is 1.98. The molecule has 0 bridgehead atoms. The van der Waals surface area contributed by atoms with Crippen LogP contribution in [-0.2, 0) is 11.8 Å². The summed E-state index contributed by atoms with van der Waals surface area (Å²) in [5, 5.41) is 1.01. The number of carbonyl (C=O) groups excluding carboxylic acids is 1. The molecule has 2 aromatic heterocycles. The third-order valence-corrected chi connectivity index (χ3v) is 4.69. The Hall–Kier alpha value is -1.83. The van der Waals surface area contributed by atoms with Gasteiger partial charge in [0.25, 0.3) is 0 Å². The van der Waals surface area contributed by atoms with Crippen molar-refractivity contribution in [3.05, 3.63) is 16.5 Å². The van der Waals surface area contributed by atoms with E-state index >= 15 is 0 Å². The molecule has 1 amide bonds. The third kappa shape index (κ3) is 3.73. The highest BCUT2D eigenvalue weighted by molar-refractivity contribution is 9.10. The van der Waals surface area contributed by atoms with Crippen LogP contribution in [0.1, 0.15) is 26.6 Å². The van der Waals surface area contributed by atoms with E-state index in [1.165, 1.54) is 0 Å².